The van der Waals surface area contributed by atoms with Gasteiger partial charge in [-0.25, -0.2) is 0 Å². The second kappa shape index (κ2) is 4.37. The second-order valence-electron chi connectivity index (χ2n) is 2.44. The van der Waals surface area contributed by atoms with Gasteiger partial charge in [-0.1, -0.05) is 24.3 Å². The summed E-state index contributed by atoms with van der Waals surface area (Å²) in [6.07, 6.45) is 3.16. The first kappa shape index (κ1) is 9.41. The van der Waals surface area contributed by atoms with E-state index in [4.69, 9.17) is 5.11 Å². The van der Waals surface area contributed by atoms with E-state index in [1.54, 1.807) is 18.2 Å². The minimum absolute atomic E-state index is 0.0556. The molecule has 0 heterocycles. The monoisotopic (exact) mass is 179 g/mol. The average Bonchev–Trinajstić information content (AvgIpc) is 2.15. The number of benzene rings is 1. The fourth-order valence-corrected chi connectivity index (χ4v) is 0.931. The number of nitro benzene ring substituents is 1. The predicted octanol–water partition coefficient (Wildman–Crippen LogP) is 1.60. The van der Waals surface area contributed by atoms with Crippen LogP contribution in [0.2, 0.25) is 0 Å². The number of hydrogen-bond acceptors (Lipinski definition) is 3. The average molecular weight is 179 g/mol. The number of nitrogens with zero attached hydrogens (tertiary/aromatic N) is 1. The minimum Gasteiger partial charge on any atom is -0.392 e. The third-order valence-electron chi connectivity index (χ3n) is 1.50. The van der Waals surface area contributed by atoms with Gasteiger partial charge in [0.15, 0.2) is 0 Å². The lowest BCUT2D eigenvalue weighted by atomic mass is 10.2. The summed E-state index contributed by atoms with van der Waals surface area (Å²) in [6.45, 7) is -0.0668. The summed E-state index contributed by atoms with van der Waals surface area (Å²) >= 11 is 0. The van der Waals surface area contributed by atoms with Gasteiger partial charge in [-0.05, 0) is 5.56 Å². The van der Waals surface area contributed by atoms with E-state index in [0.29, 0.717) is 5.56 Å². The van der Waals surface area contributed by atoms with E-state index in [0.717, 1.165) is 0 Å². The molecule has 1 N–H and O–H groups in total. The standard InChI is InChI=1S/C9H9NO3/c11-6-2-4-8-3-1-5-9(7-8)10(12)13/h1-5,7,11H,6H2. The van der Waals surface area contributed by atoms with Crippen LogP contribution in [0.15, 0.2) is 30.3 Å². The molecular weight excluding hydrogens is 170 g/mol. The lowest BCUT2D eigenvalue weighted by Gasteiger charge is -1.93. The molecule has 0 atom stereocenters. The van der Waals surface area contributed by atoms with Crippen LogP contribution in [0.25, 0.3) is 6.08 Å². The number of rotatable bonds is 3. The van der Waals surface area contributed by atoms with Crippen molar-refractivity contribution in [1.82, 2.24) is 0 Å². The third-order valence-corrected chi connectivity index (χ3v) is 1.50. The van der Waals surface area contributed by atoms with Crippen LogP contribution in [-0.4, -0.2) is 16.6 Å². The Hall–Kier alpha value is -1.68. The molecule has 0 radical (unpaired) electrons. The van der Waals surface area contributed by atoms with Gasteiger partial charge in [0.25, 0.3) is 5.69 Å². The van der Waals surface area contributed by atoms with Gasteiger partial charge in [0, 0.05) is 12.1 Å². The summed E-state index contributed by atoms with van der Waals surface area (Å²) in [4.78, 5) is 9.91. The zero-order valence-corrected chi connectivity index (χ0v) is 6.88. The highest BCUT2D eigenvalue weighted by Crippen LogP contribution is 2.13. The van der Waals surface area contributed by atoms with Gasteiger partial charge in [-0.3, -0.25) is 10.1 Å². The van der Waals surface area contributed by atoms with E-state index in [1.807, 2.05) is 0 Å². The van der Waals surface area contributed by atoms with Crippen molar-refractivity contribution in [3.8, 4) is 0 Å². The van der Waals surface area contributed by atoms with Crippen molar-refractivity contribution in [2.75, 3.05) is 6.61 Å². The second-order valence-corrected chi connectivity index (χ2v) is 2.44. The van der Waals surface area contributed by atoms with Gasteiger partial charge in [0.1, 0.15) is 0 Å². The maximum absolute atomic E-state index is 10.4. The van der Waals surface area contributed by atoms with Crippen LogP contribution in [0.5, 0.6) is 0 Å². The minimum atomic E-state index is -0.448. The van der Waals surface area contributed by atoms with E-state index in [-0.39, 0.29) is 12.3 Å². The van der Waals surface area contributed by atoms with Crippen LogP contribution in [0.4, 0.5) is 5.69 Å². The summed E-state index contributed by atoms with van der Waals surface area (Å²) in [7, 11) is 0. The molecule has 0 unspecified atom stereocenters. The Kier molecular flexibility index (Phi) is 3.16. The van der Waals surface area contributed by atoms with Gasteiger partial charge in [-0.2, -0.15) is 0 Å². The van der Waals surface area contributed by atoms with Crippen LogP contribution >= 0.6 is 0 Å². The molecule has 0 aliphatic carbocycles. The fraction of sp³-hybridized carbons (Fsp3) is 0.111. The molecule has 0 aliphatic heterocycles. The number of nitro groups is 1. The van der Waals surface area contributed by atoms with Gasteiger partial charge < -0.3 is 5.11 Å². The molecule has 0 spiro atoms. The maximum atomic E-state index is 10.4. The van der Waals surface area contributed by atoms with Gasteiger partial charge in [0.2, 0.25) is 0 Å². The summed E-state index contributed by atoms with van der Waals surface area (Å²) < 4.78 is 0. The quantitative estimate of drug-likeness (QED) is 0.566. The fourth-order valence-electron chi connectivity index (χ4n) is 0.931. The molecule has 0 aliphatic rings. The zero-order chi connectivity index (χ0) is 9.68. The van der Waals surface area contributed by atoms with Crippen molar-refractivity contribution in [1.29, 1.82) is 0 Å². The van der Waals surface area contributed by atoms with E-state index in [2.05, 4.69) is 0 Å². The highest BCUT2D eigenvalue weighted by molar-refractivity contribution is 5.53. The van der Waals surface area contributed by atoms with Crippen molar-refractivity contribution in [2.45, 2.75) is 0 Å². The summed E-state index contributed by atoms with van der Waals surface area (Å²) in [5, 5.41) is 18.8. The predicted molar refractivity (Wildman–Crippen MR) is 49.2 cm³/mol. The molecule has 0 bridgehead atoms. The SMILES string of the molecule is O=[N+]([O-])c1cccc(C=CCO)c1. The summed E-state index contributed by atoms with van der Waals surface area (Å²) in [6, 6.07) is 6.22. The normalized spacial score (nSPS) is 10.5. The van der Waals surface area contributed by atoms with Crippen LogP contribution < -0.4 is 0 Å². The van der Waals surface area contributed by atoms with Crippen LogP contribution in [0.1, 0.15) is 5.56 Å². The van der Waals surface area contributed by atoms with Crippen molar-refractivity contribution in [3.05, 3.63) is 46.0 Å². The molecule has 1 aromatic rings. The van der Waals surface area contributed by atoms with Crippen LogP contribution in [0, 0.1) is 10.1 Å². The first-order valence-electron chi connectivity index (χ1n) is 3.76. The van der Waals surface area contributed by atoms with E-state index in [1.165, 1.54) is 18.2 Å². The maximum Gasteiger partial charge on any atom is 0.270 e. The van der Waals surface area contributed by atoms with Crippen molar-refractivity contribution in [3.63, 3.8) is 0 Å². The highest BCUT2D eigenvalue weighted by atomic mass is 16.6. The Morgan fingerprint density at radius 1 is 1.54 bits per heavy atom. The molecular formula is C9H9NO3. The molecule has 4 nitrogen and oxygen atoms in total. The largest absolute Gasteiger partial charge is 0.392 e. The number of hydrogen-bond donors (Lipinski definition) is 1. The Balaban J connectivity index is 2.92. The molecule has 0 fully saturated rings. The molecule has 1 rings (SSSR count). The summed E-state index contributed by atoms with van der Waals surface area (Å²) in [5.74, 6) is 0. The Morgan fingerprint density at radius 3 is 2.92 bits per heavy atom. The lowest BCUT2D eigenvalue weighted by molar-refractivity contribution is -0.384. The van der Waals surface area contributed by atoms with Crippen LogP contribution in [0.3, 0.4) is 0 Å². The first-order chi connectivity index (χ1) is 6.24. The third kappa shape index (κ3) is 2.68. The number of aliphatic hydroxyl groups is 1. The topological polar surface area (TPSA) is 63.4 Å². The molecule has 68 valence electrons. The Bertz CT molecular complexity index is 333. The molecule has 0 amide bonds. The molecule has 0 aromatic heterocycles. The summed E-state index contributed by atoms with van der Waals surface area (Å²) in [5.41, 5.74) is 0.767. The van der Waals surface area contributed by atoms with E-state index < -0.39 is 4.92 Å². The molecule has 1 aromatic carbocycles. The van der Waals surface area contributed by atoms with Crippen molar-refractivity contribution >= 4 is 11.8 Å². The first-order valence-corrected chi connectivity index (χ1v) is 3.76. The van der Waals surface area contributed by atoms with Gasteiger partial charge in [-0.15, -0.1) is 0 Å². The molecule has 13 heavy (non-hydrogen) atoms. The molecule has 0 saturated heterocycles. The van der Waals surface area contributed by atoms with Crippen LogP contribution in [-0.2, 0) is 0 Å². The zero-order valence-electron chi connectivity index (χ0n) is 6.88. The molecule has 4 heteroatoms. The van der Waals surface area contributed by atoms with Gasteiger partial charge >= 0.3 is 0 Å². The number of aliphatic hydroxyl groups excluding tert-OH is 1. The highest BCUT2D eigenvalue weighted by Gasteiger charge is 2.02. The van der Waals surface area contributed by atoms with Crippen molar-refractivity contribution < 1.29 is 10.0 Å². The van der Waals surface area contributed by atoms with E-state index >= 15 is 0 Å². The smallest absolute Gasteiger partial charge is 0.270 e. The van der Waals surface area contributed by atoms with Gasteiger partial charge in [0.05, 0.1) is 11.5 Å². The Labute approximate surface area is 75.3 Å². The lowest BCUT2D eigenvalue weighted by Crippen LogP contribution is -1.87. The number of non-ortho nitro benzene ring substituents is 1. The Morgan fingerprint density at radius 2 is 2.31 bits per heavy atom. The van der Waals surface area contributed by atoms with E-state index in [9.17, 15) is 10.1 Å². The molecule has 0 saturated carbocycles. The van der Waals surface area contributed by atoms with Crippen molar-refractivity contribution in [2.24, 2.45) is 0 Å².